The third-order valence-electron chi connectivity index (χ3n) is 2.44. The summed E-state index contributed by atoms with van der Waals surface area (Å²) in [5.74, 6) is -2.88. The Labute approximate surface area is 108 Å². The van der Waals surface area contributed by atoms with Crippen LogP contribution in [0.1, 0.15) is 5.56 Å². The summed E-state index contributed by atoms with van der Waals surface area (Å²) >= 11 is 0. The molecule has 100 valence electrons. The minimum atomic E-state index is -4.12. The molecule has 0 saturated carbocycles. The Hall–Kier alpha value is -2.02. The number of hydrogen-bond donors (Lipinski definition) is 1. The molecule has 1 aromatic heterocycles. The van der Waals surface area contributed by atoms with Crippen molar-refractivity contribution >= 4 is 15.5 Å². The molecule has 1 heterocycles. The maximum atomic E-state index is 13.6. The zero-order valence-electron chi connectivity index (χ0n) is 9.68. The minimum absolute atomic E-state index is 0.169. The topological polar surface area (TPSA) is 73.1 Å². The van der Waals surface area contributed by atoms with Crippen LogP contribution in [-0.4, -0.2) is 13.4 Å². The molecular formula is C12H10F2N2O2S. The van der Waals surface area contributed by atoms with Gasteiger partial charge in [0.25, 0.3) is 0 Å². The molecule has 2 rings (SSSR count). The van der Waals surface area contributed by atoms with Crippen LogP contribution in [0.15, 0.2) is 41.6 Å². The molecule has 0 saturated heterocycles. The molecular weight excluding hydrogens is 274 g/mol. The summed E-state index contributed by atoms with van der Waals surface area (Å²) < 4.78 is 51.2. The summed E-state index contributed by atoms with van der Waals surface area (Å²) in [6.07, 6.45) is 2.81. The number of rotatable bonds is 3. The first-order valence-electron chi connectivity index (χ1n) is 5.26. The number of nitrogens with two attached hydrogens (primary N) is 1. The zero-order chi connectivity index (χ0) is 14.0. The largest absolute Gasteiger partial charge is 0.399 e. The average molecular weight is 284 g/mol. The molecule has 0 aliphatic heterocycles. The molecule has 0 atom stereocenters. The smallest absolute Gasteiger partial charge is 0.188 e. The second-order valence-corrected chi connectivity index (χ2v) is 5.85. The van der Waals surface area contributed by atoms with Crippen molar-refractivity contribution in [2.24, 2.45) is 0 Å². The fourth-order valence-electron chi connectivity index (χ4n) is 1.65. The number of hydrogen-bond acceptors (Lipinski definition) is 4. The van der Waals surface area contributed by atoms with Crippen molar-refractivity contribution in [2.75, 3.05) is 5.73 Å². The van der Waals surface area contributed by atoms with Crippen LogP contribution in [-0.2, 0) is 15.6 Å². The Morgan fingerprint density at radius 3 is 2.16 bits per heavy atom. The summed E-state index contributed by atoms with van der Waals surface area (Å²) in [6, 6.07) is 4.49. The molecule has 0 aliphatic rings. The Morgan fingerprint density at radius 1 is 1.11 bits per heavy atom. The highest BCUT2D eigenvalue weighted by atomic mass is 32.2. The van der Waals surface area contributed by atoms with Gasteiger partial charge in [-0.25, -0.2) is 17.2 Å². The first-order chi connectivity index (χ1) is 8.90. The Morgan fingerprint density at radius 2 is 1.63 bits per heavy atom. The van der Waals surface area contributed by atoms with Crippen molar-refractivity contribution in [3.05, 3.63) is 53.9 Å². The lowest BCUT2D eigenvalue weighted by molar-refractivity contribution is 0.520. The second kappa shape index (κ2) is 4.93. The molecule has 19 heavy (non-hydrogen) atoms. The third-order valence-corrected chi connectivity index (χ3v) is 4.16. The predicted octanol–water partition coefficient (Wildman–Crippen LogP) is 1.92. The molecule has 0 aliphatic carbocycles. The van der Waals surface area contributed by atoms with E-state index in [-0.39, 0.29) is 5.69 Å². The molecule has 0 spiro atoms. The van der Waals surface area contributed by atoms with Crippen LogP contribution in [0.3, 0.4) is 0 Å². The van der Waals surface area contributed by atoms with Crippen molar-refractivity contribution in [3.8, 4) is 0 Å². The SMILES string of the molecule is Nc1cc(F)c(S(=O)(=O)Cc2ccncc2)c(F)c1. The molecule has 0 radical (unpaired) electrons. The predicted molar refractivity (Wildman–Crippen MR) is 65.9 cm³/mol. The van der Waals surface area contributed by atoms with Gasteiger partial charge in [-0.05, 0) is 29.8 Å². The summed E-state index contributed by atoms with van der Waals surface area (Å²) in [7, 11) is -4.12. The van der Waals surface area contributed by atoms with E-state index in [1.54, 1.807) is 0 Å². The fraction of sp³-hybridized carbons (Fsp3) is 0.0833. The summed E-state index contributed by atoms with van der Waals surface area (Å²) in [6.45, 7) is 0. The van der Waals surface area contributed by atoms with Gasteiger partial charge in [0, 0.05) is 18.1 Å². The standard InChI is InChI=1S/C12H10F2N2O2S/c13-10-5-9(15)6-11(14)12(10)19(17,18)7-8-1-3-16-4-2-8/h1-6H,7,15H2. The van der Waals surface area contributed by atoms with Crippen molar-refractivity contribution in [2.45, 2.75) is 10.6 Å². The van der Waals surface area contributed by atoms with E-state index in [4.69, 9.17) is 5.73 Å². The van der Waals surface area contributed by atoms with E-state index in [1.807, 2.05) is 0 Å². The number of benzene rings is 1. The van der Waals surface area contributed by atoms with E-state index in [2.05, 4.69) is 4.98 Å². The van der Waals surface area contributed by atoms with Gasteiger partial charge in [0.15, 0.2) is 9.84 Å². The van der Waals surface area contributed by atoms with Crippen LogP contribution in [0.25, 0.3) is 0 Å². The van der Waals surface area contributed by atoms with E-state index < -0.39 is 32.1 Å². The van der Waals surface area contributed by atoms with E-state index in [0.717, 1.165) is 12.1 Å². The first kappa shape index (κ1) is 13.4. The Kier molecular flexibility index (Phi) is 3.48. The molecule has 0 amide bonds. The highest BCUT2D eigenvalue weighted by molar-refractivity contribution is 7.90. The lowest BCUT2D eigenvalue weighted by atomic mass is 10.3. The van der Waals surface area contributed by atoms with Gasteiger partial charge < -0.3 is 5.73 Å². The van der Waals surface area contributed by atoms with Crippen molar-refractivity contribution < 1.29 is 17.2 Å². The van der Waals surface area contributed by atoms with Crippen LogP contribution in [0.5, 0.6) is 0 Å². The van der Waals surface area contributed by atoms with E-state index in [1.165, 1.54) is 24.5 Å². The highest BCUT2D eigenvalue weighted by Gasteiger charge is 2.25. The normalized spacial score (nSPS) is 11.5. The highest BCUT2D eigenvalue weighted by Crippen LogP contribution is 2.24. The van der Waals surface area contributed by atoms with Gasteiger partial charge in [0.2, 0.25) is 0 Å². The number of nitrogens with zero attached hydrogens (tertiary/aromatic N) is 1. The maximum absolute atomic E-state index is 13.6. The molecule has 4 nitrogen and oxygen atoms in total. The first-order valence-corrected chi connectivity index (χ1v) is 6.91. The maximum Gasteiger partial charge on any atom is 0.188 e. The molecule has 2 N–H and O–H groups in total. The number of sulfone groups is 1. The molecule has 1 aromatic carbocycles. The van der Waals surface area contributed by atoms with Crippen LogP contribution >= 0.6 is 0 Å². The van der Waals surface area contributed by atoms with Crippen LogP contribution in [0.2, 0.25) is 0 Å². The summed E-state index contributed by atoms with van der Waals surface area (Å²) in [4.78, 5) is 2.78. The molecule has 2 aromatic rings. The van der Waals surface area contributed by atoms with Crippen molar-refractivity contribution in [3.63, 3.8) is 0 Å². The Balaban J connectivity index is 2.46. The van der Waals surface area contributed by atoms with Gasteiger partial charge in [-0.3, -0.25) is 4.98 Å². The van der Waals surface area contributed by atoms with Crippen molar-refractivity contribution in [1.29, 1.82) is 0 Å². The minimum Gasteiger partial charge on any atom is -0.399 e. The molecule has 7 heteroatoms. The fourth-order valence-corrected chi connectivity index (χ4v) is 3.13. The van der Waals surface area contributed by atoms with Gasteiger partial charge in [0.05, 0.1) is 5.75 Å². The van der Waals surface area contributed by atoms with Crippen LogP contribution < -0.4 is 5.73 Å². The average Bonchev–Trinajstić information content (AvgIpc) is 2.27. The van der Waals surface area contributed by atoms with E-state index >= 15 is 0 Å². The lowest BCUT2D eigenvalue weighted by Gasteiger charge is -2.07. The van der Waals surface area contributed by atoms with Gasteiger partial charge in [-0.2, -0.15) is 0 Å². The monoisotopic (exact) mass is 284 g/mol. The lowest BCUT2D eigenvalue weighted by Crippen LogP contribution is -2.10. The third kappa shape index (κ3) is 2.87. The number of anilines is 1. The van der Waals surface area contributed by atoms with E-state index in [9.17, 15) is 17.2 Å². The van der Waals surface area contributed by atoms with Crippen molar-refractivity contribution in [1.82, 2.24) is 4.98 Å². The molecule has 0 bridgehead atoms. The van der Waals surface area contributed by atoms with Gasteiger partial charge in [0.1, 0.15) is 16.5 Å². The Bertz CT molecular complexity index is 680. The molecule has 0 fully saturated rings. The van der Waals surface area contributed by atoms with E-state index in [0.29, 0.717) is 5.56 Å². The number of aromatic nitrogens is 1. The quantitative estimate of drug-likeness (QED) is 0.874. The molecule has 0 unspecified atom stereocenters. The number of pyridine rings is 1. The summed E-state index contributed by atoms with van der Waals surface area (Å²) in [5.41, 5.74) is 5.47. The van der Waals surface area contributed by atoms with Gasteiger partial charge >= 0.3 is 0 Å². The number of halogens is 2. The van der Waals surface area contributed by atoms with Crippen LogP contribution in [0.4, 0.5) is 14.5 Å². The number of nitrogen functional groups attached to an aromatic ring is 1. The van der Waals surface area contributed by atoms with Gasteiger partial charge in [-0.1, -0.05) is 0 Å². The second-order valence-electron chi connectivity index (χ2n) is 3.93. The zero-order valence-corrected chi connectivity index (χ0v) is 10.5. The summed E-state index contributed by atoms with van der Waals surface area (Å²) in [5, 5.41) is 0. The van der Waals surface area contributed by atoms with Crippen LogP contribution in [0, 0.1) is 11.6 Å². The van der Waals surface area contributed by atoms with Gasteiger partial charge in [-0.15, -0.1) is 0 Å².